The highest BCUT2D eigenvalue weighted by molar-refractivity contribution is 5.81. The van der Waals surface area contributed by atoms with Gasteiger partial charge in [0.15, 0.2) is 0 Å². The summed E-state index contributed by atoms with van der Waals surface area (Å²) >= 11 is 0. The molecule has 1 aromatic rings. The molecule has 0 bridgehead atoms. The summed E-state index contributed by atoms with van der Waals surface area (Å²) in [5.41, 5.74) is 5.60. The summed E-state index contributed by atoms with van der Waals surface area (Å²) in [6.45, 7) is 3.12. The summed E-state index contributed by atoms with van der Waals surface area (Å²) in [6, 6.07) is 1.95. The topological polar surface area (TPSA) is 73.4 Å². The molecule has 1 aromatic heterocycles. The number of nitrogens with zero attached hydrogens (tertiary/aromatic N) is 3. The first-order valence-corrected chi connectivity index (χ1v) is 7.88. The van der Waals surface area contributed by atoms with E-state index in [1.54, 1.807) is 0 Å². The SMILES string of the molecule is NC[C@H]1CC[C@@H](C(=O)N2CCC(Cn3cccn3)CC2)O1. The molecule has 2 atom stereocenters. The minimum Gasteiger partial charge on any atom is -0.364 e. The van der Waals surface area contributed by atoms with Gasteiger partial charge in [0.05, 0.1) is 6.10 Å². The normalized spacial score (nSPS) is 27.2. The van der Waals surface area contributed by atoms with Gasteiger partial charge >= 0.3 is 0 Å². The molecule has 1 amide bonds. The highest BCUT2D eigenvalue weighted by Gasteiger charge is 2.34. The molecule has 0 saturated carbocycles. The molecular weight excluding hydrogens is 268 g/mol. The smallest absolute Gasteiger partial charge is 0.251 e. The zero-order valence-electron chi connectivity index (χ0n) is 12.4. The standard InChI is InChI=1S/C15H24N4O2/c16-10-13-2-3-14(21-13)15(20)18-8-4-12(5-9-18)11-19-7-1-6-17-19/h1,6-7,12-14H,2-5,8-11,16H2/t13-,14+/m1/s1. The van der Waals surface area contributed by atoms with Crippen molar-refractivity contribution >= 4 is 5.91 Å². The Balaban J connectivity index is 1.46. The second-order valence-corrected chi connectivity index (χ2v) is 6.06. The number of aromatic nitrogens is 2. The first-order valence-electron chi connectivity index (χ1n) is 7.88. The molecule has 2 saturated heterocycles. The van der Waals surface area contributed by atoms with Crippen LogP contribution >= 0.6 is 0 Å². The Morgan fingerprint density at radius 2 is 2.10 bits per heavy atom. The van der Waals surface area contributed by atoms with Gasteiger partial charge in [0, 0.05) is 38.6 Å². The van der Waals surface area contributed by atoms with Crippen LogP contribution in [-0.2, 0) is 16.1 Å². The number of likely N-dealkylation sites (tertiary alicyclic amines) is 1. The Labute approximate surface area is 125 Å². The van der Waals surface area contributed by atoms with Gasteiger partial charge in [-0.2, -0.15) is 5.10 Å². The van der Waals surface area contributed by atoms with Gasteiger partial charge < -0.3 is 15.4 Å². The summed E-state index contributed by atoms with van der Waals surface area (Å²) in [5, 5.41) is 4.25. The molecule has 2 N–H and O–H groups in total. The van der Waals surface area contributed by atoms with Gasteiger partial charge in [-0.3, -0.25) is 9.48 Å². The van der Waals surface area contributed by atoms with E-state index in [2.05, 4.69) is 5.10 Å². The molecular formula is C15H24N4O2. The second kappa shape index (κ2) is 6.58. The van der Waals surface area contributed by atoms with Crippen LogP contribution < -0.4 is 5.73 Å². The molecule has 0 aromatic carbocycles. The van der Waals surface area contributed by atoms with Crippen molar-refractivity contribution in [2.75, 3.05) is 19.6 Å². The van der Waals surface area contributed by atoms with E-state index in [4.69, 9.17) is 10.5 Å². The van der Waals surface area contributed by atoms with Crippen LogP contribution in [0.15, 0.2) is 18.5 Å². The number of carbonyl (C=O) groups excluding carboxylic acids is 1. The zero-order valence-corrected chi connectivity index (χ0v) is 12.4. The van der Waals surface area contributed by atoms with Crippen LogP contribution in [0.1, 0.15) is 25.7 Å². The lowest BCUT2D eigenvalue weighted by Gasteiger charge is -2.33. The first-order chi connectivity index (χ1) is 10.3. The molecule has 21 heavy (non-hydrogen) atoms. The maximum atomic E-state index is 12.4. The summed E-state index contributed by atoms with van der Waals surface area (Å²) in [6.07, 6.45) is 7.41. The molecule has 2 fully saturated rings. The van der Waals surface area contributed by atoms with Gasteiger partial charge in [-0.1, -0.05) is 0 Å². The Bertz CT molecular complexity index is 454. The molecule has 6 heteroatoms. The van der Waals surface area contributed by atoms with Crippen LogP contribution in [0.2, 0.25) is 0 Å². The lowest BCUT2D eigenvalue weighted by molar-refractivity contribution is -0.144. The average molecular weight is 292 g/mol. The fraction of sp³-hybridized carbons (Fsp3) is 0.733. The number of piperidine rings is 1. The highest BCUT2D eigenvalue weighted by atomic mass is 16.5. The van der Waals surface area contributed by atoms with Crippen LogP contribution in [0, 0.1) is 5.92 Å². The van der Waals surface area contributed by atoms with Crippen LogP contribution in [0.4, 0.5) is 0 Å². The summed E-state index contributed by atoms with van der Waals surface area (Å²) in [4.78, 5) is 14.4. The summed E-state index contributed by atoms with van der Waals surface area (Å²) < 4.78 is 7.69. The number of nitrogens with two attached hydrogens (primary N) is 1. The van der Waals surface area contributed by atoms with Gasteiger partial charge in [-0.15, -0.1) is 0 Å². The van der Waals surface area contributed by atoms with Crippen LogP contribution in [-0.4, -0.2) is 52.4 Å². The van der Waals surface area contributed by atoms with Gasteiger partial charge in [-0.25, -0.2) is 0 Å². The Hall–Kier alpha value is -1.40. The summed E-state index contributed by atoms with van der Waals surface area (Å²) in [5.74, 6) is 0.763. The molecule has 0 radical (unpaired) electrons. The van der Waals surface area contributed by atoms with Gasteiger partial charge in [-0.05, 0) is 37.7 Å². The number of rotatable bonds is 4. The molecule has 2 aliphatic rings. The van der Waals surface area contributed by atoms with Crippen LogP contribution in [0.3, 0.4) is 0 Å². The van der Waals surface area contributed by atoms with Crippen molar-refractivity contribution in [1.29, 1.82) is 0 Å². The summed E-state index contributed by atoms with van der Waals surface area (Å²) in [7, 11) is 0. The van der Waals surface area contributed by atoms with Crippen molar-refractivity contribution in [3.8, 4) is 0 Å². The Morgan fingerprint density at radius 3 is 2.71 bits per heavy atom. The molecule has 116 valence electrons. The van der Waals surface area contributed by atoms with E-state index in [-0.39, 0.29) is 18.1 Å². The fourth-order valence-electron chi connectivity index (χ4n) is 3.27. The van der Waals surface area contributed by atoms with Crippen molar-refractivity contribution in [2.24, 2.45) is 11.7 Å². The number of amides is 1. The predicted molar refractivity (Wildman–Crippen MR) is 78.5 cm³/mol. The minimum atomic E-state index is -0.263. The third-order valence-electron chi connectivity index (χ3n) is 4.58. The van der Waals surface area contributed by atoms with Crippen molar-refractivity contribution in [3.63, 3.8) is 0 Å². The van der Waals surface area contributed by atoms with E-state index in [9.17, 15) is 4.79 Å². The highest BCUT2D eigenvalue weighted by Crippen LogP contribution is 2.24. The molecule has 3 heterocycles. The van der Waals surface area contributed by atoms with E-state index < -0.39 is 0 Å². The third kappa shape index (κ3) is 3.44. The Kier molecular flexibility index (Phi) is 4.55. The monoisotopic (exact) mass is 292 g/mol. The zero-order chi connectivity index (χ0) is 14.7. The maximum Gasteiger partial charge on any atom is 0.251 e. The average Bonchev–Trinajstić information content (AvgIpc) is 3.18. The lowest BCUT2D eigenvalue weighted by Crippen LogP contribution is -2.44. The van der Waals surface area contributed by atoms with Crippen molar-refractivity contribution in [3.05, 3.63) is 18.5 Å². The van der Waals surface area contributed by atoms with E-state index in [0.717, 1.165) is 45.3 Å². The molecule has 6 nitrogen and oxygen atoms in total. The van der Waals surface area contributed by atoms with Crippen molar-refractivity contribution < 1.29 is 9.53 Å². The first kappa shape index (κ1) is 14.5. The predicted octanol–water partition coefficient (Wildman–Crippen LogP) is 0.628. The molecule has 3 rings (SSSR count). The molecule has 0 spiro atoms. The molecule has 2 aliphatic heterocycles. The van der Waals surface area contributed by atoms with Crippen molar-refractivity contribution in [2.45, 2.75) is 44.4 Å². The van der Waals surface area contributed by atoms with Gasteiger partial charge in [0.1, 0.15) is 6.10 Å². The van der Waals surface area contributed by atoms with Crippen LogP contribution in [0.25, 0.3) is 0 Å². The third-order valence-corrected chi connectivity index (χ3v) is 4.58. The van der Waals surface area contributed by atoms with E-state index >= 15 is 0 Å². The maximum absolute atomic E-state index is 12.4. The number of hydrogen-bond donors (Lipinski definition) is 1. The quantitative estimate of drug-likeness (QED) is 0.883. The minimum absolute atomic E-state index is 0.0660. The lowest BCUT2D eigenvalue weighted by atomic mass is 9.96. The van der Waals surface area contributed by atoms with E-state index in [0.29, 0.717) is 12.5 Å². The van der Waals surface area contributed by atoms with Gasteiger partial charge in [0.2, 0.25) is 0 Å². The molecule has 0 aliphatic carbocycles. The second-order valence-electron chi connectivity index (χ2n) is 6.06. The number of ether oxygens (including phenoxy) is 1. The number of hydrogen-bond acceptors (Lipinski definition) is 4. The number of carbonyl (C=O) groups is 1. The molecule has 0 unspecified atom stereocenters. The van der Waals surface area contributed by atoms with Crippen molar-refractivity contribution in [1.82, 2.24) is 14.7 Å². The van der Waals surface area contributed by atoms with E-state index in [1.807, 2.05) is 28.0 Å². The van der Waals surface area contributed by atoms with Gasteiger partial charge in [0.25, 0.3) is 5.91 Å². The van der Waals surface area contributed by atoms with Crippen LogP contribution in [0.5, 0.6) is 0 Å². The largest absolute Gasteiger partial charge is 0.364 e. The van der Waals surface area contributed by atoms with E-state index in [1.165, 1.54) is 0 Å². The Morgan fingerprint density at radius 1 is 1.29 bits per heavy atom. The fourth-order valence-corrected chi connectivity index (χ4v) is 3.27.